The van der Waals surface area contributed by atoms with Gasteiger partial charge in [0.2, 0.25) is 0 Å². The molecule has 4 saturated carbocycles. The topological polar surface area (TPSA) is 15.3 Å². The fraction of sp³-hybridized carbons (Fsp3) is 1.00. The summed E-state index contributed by atoms with van der Waals surface area (Å²) in [5, 5.41) is 4.08. The highest BCUT2D eigenvalue weighted by Gasteiger charge is 2.48. The van der Waals surface area contributed by atoms with Gasteiger partial charge in [-0.05, 0) is 76.2 Å². The van der Waals surface area contributed by atoms with Crippen molar-refractivity contribution >= 4 is 0 Å². The Morgan fingerprint density at radius 2 is 1.50 bits per heavy atom. The van der Waals surface area contributed by atoms with Crippen LogP contribution in [0.4, 0.5) is 0 Å². The van der Waals surface area contributed by atoms with Crippen molar-refractivity contribution in [2.45, 2.75) is 63.6 Å². The van der Waals surface area contributed by atoms with E-state index in [2.05, 4.69) is 24.2 Å². The van der Waals surface area contributed by atoms with E-state index in [4.69, 9.17) is 0 Å². The lowest BCUT2D eigenvalue weighted by molar-refractivity contribution is -0.0172. The standard InChI is InChI=1S/C16H28N2/c1-10-3-15(9-18(10)2)17-16-13-5-11-4-12(7-13)8-14(16)6-11/h10-17H,3-9H2,1-2H3. The lowest BCUT2D eigenvalue weighted by Crippen LogP contribution is -2.57. The summed E-state index contributed by atoms with van der Waals surface area (Å²) in [6.07, 6.45) is 9.11. The average molecular weight is 248 g/mol. The molecule has 2 nitrogen and oxygen atoms in total. The average Bonchev–Trinajstić information content (AvgIpc) is 2.62. The SMILES string of the molecule is CC1CC(NC2C3CC4CC(C3)CC2C4)CN1C. The molecule has 2 heteroatoms. The molecular weight excluding hydrogens is 220 g/mol. The highest BCUT2D eigenvalue weighted by molar-refractivity contribution is 5.03. The predicted octanol–water partition coefficient (Wildman–Crippen LogP) is 2.49. The molecule has 5 fully saturated rings. The van der Waals surface area contributed by atoms with E-state index in [1.165, 1.54) is 13.0 Å². The molecule has 0 radical (unpaired) electrons. The Balaban J connectivity index is 1.43. The van der Waals surface area contributed by atoms with Crippen LogP contribution in [-0.2, 0) is 0 Å². The zero-order valence-electron chi connectivity index (χ0n) is 11.9. The van der Waals surface area contributed by atoms with Crippen LogP contribution in [0.1, 0.15) is 45.4 Å². The first-order valence-corrected chi connectivity index (χ1v) is 8.15. The van der Waals surface area contributed by atoms with Gasteiger partial charge in [0.15, 0.2) is 0 Å². The molecule has 5 aliphatic rings. The first-order chi connectivity index (χ1) is 8.69. The fourth-order valence-corrected chi connectivity index (χ4v) is 5.78. The highest BCUT2D eigenvalue weighted by Crippen LogP contribution is 2.53. The number of hydrogen-bond donors (Lipinski definition) is 1. The number of hydrogen-bond acceptors (Lipinski definition) is 2. The zero-order valence-corrected chi connectivity index (χ0v) is 11.9. The highest BCUT2D eigenvalue weighted by atomic mass is 15.2. The summed E-state index contributed by atoms with van der Waals surface area (Å²) in [4.78, 5) is 2.52. The van der Waals surface area contributed by atoms with E-state index >= 15 is 0 Å². The number of nitrogens with zero attached hydrogens (tertiary/aromatic N) is 1. The minimum absolute atomic E-state index is 0.771. The van der Waals surface area contributed by atoms with Crippen molar-refractivity contribution in [3.05, 3.63) is 0 Å². The van der Waals surface area contributed by atoms with Crippen molar-refractivity contribution < 1.29 is 0 Å². The molecule has 2 unspecified atom stereocenters. The zero-order chi connectivity index (χ0) is 12.3. The minimum atomic E-state index is 0.771. The lowest BCUT2D eigenvalue weighted by atomic mass is 9.54. The lowest BCUT2D eigenvalue weighted by Gasteiger charge is -2.55. The van der Waals surface area contributed by atoms with Gasteiger partial charge in [0.05, 0.1) is 0 Å². The van der Waals surface area contributed by atoms with Crippen LogP contribution in [0, 0.1) is 23.7 Å². The molecule has 0 aromatic rings. The molecule has 4 bridgehead atoms. The van der Waals surface area contributed by atoms with E-state index in [0.29, 0.717) is 0 Å². The normalized spacial score (nSPS) is 55.3. The van der Waals surface area contributed by atoms with Gasteiger partial charge in [0.1, 0.15) is 0 Å². The fourth-order valence-electron chi connectivity index (χ4n) is 5.78. The third kappa shape index (κ3) is 1.84. The van der Waals surface area contributed by atoms with E-state index in [1.54, 1.807) is 32.1 Å². The van der Waals surface area contributed by atoms with Gasteiger partial charge in [-0.3, -0.25) is 0 Å². The first kappa shape index (κ1) is 11.7. The number of nitrogens with one attached hydrogen (secondary N) is 1. The largest absolute Gasteiger partial charge is 0.309 e. The molecule has 1 heterocycles. The molecule has 18 heavy (non-hydrogen) atoms. The van der Waals surface area contributed by atoms with Gasteiger partial charge in [-0.15, -0.1) is 0 Å². The van der Waals surface area contributed by atoms with Crippen LogP contribution in [0.3, 0.4) is 0 Å². The van der Waals surface area contributed by atoms with E-state index < -0.39 is 0 Å². The smallest absolute Gasteiger partial charge is 0.0212 e. The Labute approximate surface area is 111 Å². The third-order valence-electron chi connectivity index (χ3n) is 6.54. The maximum absolute atomic E-state index is 4.08. The van der Waals surface area contributed by atoms with Crippen LogP contribution in [0.15, 0.2) is 0 Å². The van der Waals surface area contributed by atoms with Crippen LogP contribution in [0.5, 0.6) is 0 Å². The second-order valence-corrected chi connectivity index (χ2v) is 7.84. The predicted molar refractivity (Wildman–Crippen MR) is 74.5 cm³/mol. The summed E-state index contributed by atoms with van der Waals surface area (Å²) in [5.74, 6) is 4.27. The Morgan fingerprint density at radius 3 is 2.00 bits per heavy atom. The maximum Gasteiger partial charge on any atom is 0.0212 e. The van der Waals surface area contributed by atoms with Crippen molar-refractivity contribution in [3.63, 3.8) is 0 Å². The monoisotopic (exact) mass is 248 g/mol. The molecule has 1 saturated heterocycles. The van der Waals surface area contributed by atoms with Gasteiger partial charge in [0, 0.05) is 24.7 Å². The van der Waals surface area contributed by atoms with E-state index in [-0.39, 0.29) is 0 Å². The molecule has 0 aromatic carbocycles. The Kier molecular flexibility index (Phi) is 2.74. The number of likely N-dealkylation sites (tertiary alicyclic amines) is 1. The van der Waals surface area contributed by atoms with Crippen LogP contribution >= 0.6 is 0 Å². The van der Waals surface area contributed by atoms with Crippen LogP contribution in [0.25, 0.3) is 0 Å². The van der Waals surface area contributed by atoms with Crippen LogP contribution < -0.4 is 5.32 Å². The van der Waals surface area contributed by atoms with Crippen molar-refractivity contribution in [1.29, 1.82) is 0 Å². The van der Waals surface area contributed by atoms with Crippen LogP contribution in [-0.4, -0.2) is 36.6 Å². The van der Waals surface area contributed by atoms with E-state index in [9.17, 15) is 0 Å². The van der Waals surface area contributed by atoms with Crippen LogP contribution in [0.2, 0.25) is 0 Å². The van der Waals surface area contributed by atoms with Gasteiger partial charge in [0.25, 0.3) is 0 Å². The Hall–Kier alpha value is -0.0800. The molecule has 0 aromatic heterocycles. The van der Waals surface area contributed by atoms with Gasteiger partial charge in [-0.1, -0.05) is 0 Å². The molecular formula is C16H28N2. The van der Waals surface area contributed by atoms with Crippen molar-refractivity contribution in [1.82, 2.24) is 10.2 Å². The Bertz CT molecular complexity index is 289. The molecule has 1 N–H and O–H groups in total. The summed E-state index contributed by atoms with van der Waals surface area (Å²) in [6, 6.07) is 2.42. The third-order valence-corrected chi connectivity index (χ3v) is 6.54. The van der Waals surface area contributed by atoms with Gasteiger partial charge >= 0.3 is 0 Å². The van der Waals surface area contributed by atoms with Gasteiger partial charge < -0.3 is 10.2 Å². The second kappa shape index (κ2) is 4.21. The first-order valence-electron chi connectivity index (χ1n) is 8.15. The number of rotatable bonds is 2. The summed E-state index contributed by atoms with van der Waals surface area (Å²) >= 11 is 0. The molecule has 4 aliphatic carbocycles. The van der Waals surface area contributed by atoms with Gasteiger partial charge in [-0.2, -0.15) is 0 Å². The number of likely N-dealkylation sites (N-methyl/N-ethyl adjacent to an activating group) is 1. The van der Waals surface area contributed by atoms with E-state index in [0.717, 1.165) is 41.8 Å². The summed E-state index contributed by atoms with van der Waals surface area (Å²) in [7, 11) is 2.28. The van der Waals surface area contributed by atoms with Gasteiger partial charge in [-0.25, -0.2) is 0 Å². The molecule has 102 valence electrons. The minimum Gasteiger partial charge on any atom is -0.309 e. The molecule has 0 spiro atoms. The van der Waals surface area contributed by atoms with Crippen molar-refractivity contribution in [2.24, 2.45) is 23.7 Å². The maximum atomic E-state index is 4.08. The molecule has 1 aliphatic heterocycles. The second-order valence-electron chi connectivity index (χ2n) is 7.84. The summed E-state index contributed by atoms with van der Waals surface area (Å²) in [6.45, 7) is 3.64. The Morgan fingerprint density at radius 1 is 0.889 bits per heavy atom. The molecule has 2 atom stereocenters. The van der Waals surface area contributed by atoms with E-state index in [1.807, 2.05) is 0 Å². The quantitative estimate of drug-likeness (QED) is 0.808. The molecule has 0 amide bonds. The van der Waals surface area contributed by atoms with Crippen molar-refractivity contribution in [2.75, 3.05) is 13.6 Å². The summed E-state index contributed by atoms with van der Waals surface area (Å²) < 4.78 is 0. The summed E-state index contributed by atoms with van der Waals surface area (Å²) in [5.41, 5.74) is 0. The molecule has 5 rings (SSSR count). The van der Waals surface area contributed by atoms with Crippen molar-refractivity contribution in [3.8, 4) is 0 Å².